The third kappa shape index (κ3) is 5.47. The third-order valence-corrected chi connectivity index (χ3v) is 5.05. The van der Waals surface area contributed by atoms with E-state index in [0.717, 1.165) is 21.6 Å². The smallest absolute Gasteiger partial charge is 0.233 e. The number of benzene rings is 1. The molecule has 124 valence electrons. The van der Waals surface area contributed by atoms with Crippen molar-refractivity contribution in [3.63, 3.8) is 0 Å². The van der Waals surface area contributed by atoms with E-state index in [4.69, 9.17) is 0 Å². The Bertz CT molecular complexity index is 650. The Kier molecular flexibility index (Phi) is 6.79. The van der Waals surface area contributed by atoms with Crippen LogP contribution in [0.4, 0.5) is 9.52 Å². The highest BCUT2D eigenvalue weighted by Crippen LogP contribution is 2.25. The van der Waals surface area contributed by atoms with Gasteiger partial charge in [-0.15, -0.1) is 10.2 Å². The second-order valence-corrected chi connectivity index (χ2v) is 6.93. The van der Waals surface area contributed by atoms with Gasteiger partial charge in [0.05, 0.1) is 5.75 Å². The van der Waals surface area contributed by atoms with E-state index in [0.29, 0.717) is 18.8 Å². The molecule has 1 amide bonds. The molecule has 0 radical (unpaired) electrons. The van der Waals surface area contributed by atoms with Gasteiger partial charge in [-0.3, -0.25) is 4.79 Å². The molecule has 0 aliphatic heterocycles. The van der Waals surface area contributed by atoms with E-state index < -0.39 is 0 Å². The maximum Gasteiger partial charge on any atom is 0.233 e. The molecule has 0 atom stereocenters. The number of hydrogen-bond donors (Lipinski definition) is 1. The summed E-state index contributed by atoms with van der Waals surface area (Å²) in [5.41, 5.74) is 0.788. The topological polar surface area (TPSA) is 58.1 Å². The predicted octanol–water partition coefficient (Wildman–Crippen LogP) is 3.25. The van der Waals surface area contributed by atoms with Crippen LogP contribution in [0.2, 0.25) is 0 Å². The maximum absolute atomic E-state index is 13.2. The van der Waals surface area contributed by atoms with Crippen molar-refractivity contribution in [2.45, 2.75) is 24.7 Å². The molecular weight excluding hydrogens is 335 g/mol. The summed E-state index contributed by atoms with van der Waals surface area (Å²) in [6.45, 7) is 5.68. The van der Waals surface area contributed by atoms with Crippen molar-refractivity contribution in [2.24, 2.45) is 0 Å². The van der Waals surface area contributed by atoms with Crippen molar-refractivity contribution in [3.8, 4) is 0 Å². The summed E-state index contributed by atoms with van der Waals surface area (Å²) < 4.78 is 14.0. The van der Waals surface area contributed by atoms with Crippen LogP contribution in [0.15, 0.2) is 28.6 Å². The molecule has 0 saturated heterocycles. The van der Waals surface area contributed by atoms with Crippen LogP contribution in [-0.2, 0) is 11.3 Å². The van der Waals surface area contributed by atoms with Gasteiger partial charge in [-0.25, -0.2) is 4.39 Å². The highest BCUT2D eigenvalue weighted by molar-refractivity contribution is 8.01. The van der Waals surface area contributed by atoms with Crippen LogP contribution < -0.4 is 5.32 Å². The van der Waals surface area contributed by atoms with Crippen LogP contribution in [0, 0.1) is 5.82 Å². The molecule has 1 aromatic carbocycles. The normalized spacial score (nSPS) is 10.6. The zero-order valence-corrected chi connectivity index (χ0v) is 14.7. The molecule has 1 aromatic heterocycles. The summed E-state index contributed by atoms with van der Waals surface area (Å²) in [4.78, 5) is 14.0. The lowest BCUT2D eigenvalue weighted by molar-refractivity contribution is -0.128. The van der Waals surface area contributed by atoms with Crippen LogP contribution in [-0.4, -0.2) is 39.8 Å². The molecule has 8 heteroatoms. The lowest BCUT2D eigenvalue weighted by Crippen LogP contribution is -2.31. The zero-order valence-electron chi connectivity index (χ0n) is 13.1. The summed E-state index contributed by atoms with van der Waals surface area (Å²) in [5, 5.41) is 11.9. The Morgan fingerprint density at radius 1 is 1.39 bits per heavy atom. The summed E-state index contributed by atoms with van der Waals surface area (Å²) in [5.74, 6) is 0.0105. The van der Waals surface area contributed by atoms with Crippen LogP contribution in [0.25, 0.3) is 0 Å². The Labute approximate surface area is 143 Å². The number of carbonyl (C=O) groups is 1. The van der Waals surface area contributed by atoms with E-state index >= 15 is 0 Å². The first-order chi connectivity index (χ1) is 11.1. The molecule has 2 aromatic rings. The van der Waals surface area contributed by atoms with E-state index in [1.807, 2.05) is 19.9 Å². The van der Waals surface area contributed by atoms with E-state index in [1.165, 1.54) is 35.2 Å². The molecule has 1 N–H and O–H groups in total. The number of halogens is 1. The summed E-state index contributed by atoms with van der Waals surface area (Å²) in [6, 6.07) is 6.33. The molecule has 2 rings (SSSR count). The van der Waals surface area contributed by atoms with E-state index in [-0.39, 0.29) is 11.7 Å². The molecule has 1 heterocycles. The number of aromatic nitrogens is 2. The number of anilines is 1. The number of nitrogens with zero attached hydrogens (tertiary/aromatic N) is 3. The quantitative estimate of drug-likeness (QED) is 0.738. The zero-order chi connectivity index (χ0) is 16.7. The molecule has 0 aliphatic carbocycles. The fourth-order valence-corrected chi connectivity index (χ4v) is 3.66. The van der Waals surface area contributed by atoms with Gasteiger partial charge >= 0.3 is 0 Å². The Morgan fingerprint density at radius 3 is 2.91 bits per heavy atom. The minimum Gasteiger partial charge on any atom is -0.360 e. The first-order valence-electron chi connectivity index (χ1n) is 7.34. The fraction of sp³-hybridized carbons (Fsp3) is 0.400. The van der Waals surface area contributed by atoms with Gasteiger partial charge in [-0.2, -0.15) is 0 Å². The minimum atomic E-state index is -0.287. The van der Waals surface area contributed by atoms with Crippen molar-refractivity contribution in [2.75, 3.05) is 24.2 Å². The fourth-order valence-electron chi connectivity index (χ4n) is 1.94. The lowest BCUT2D eigenvalue weighted by Gasteiger charge is -2.20. The van der Waals surface area contributed by atoms with Gasteiger partial charge in [0, 0.05) is 19.6 Å². The van der Waals surface area contributed by atoms with Crippen molar-refractivity contribution < 1.29 is 9.18 Å². The Morgan fingerprint density at radius 2 is 2.22 bits per heavy atom. The van der Waals surface area contributed by atoms with Crippen LogP contribution >= 0.6 is 23.1 Å². The van der Waals surface area contributed by atoms with Gasteiger partial charge in [-0.1, -0.05) is 35.2 Å². The monoisotopic (exact) mass is 354 g/mol. The van der Waals surface area contributed by atoms with E-state index in [1.54, 1.807) is 11.0 Å². The average Bonchev–Trinajstić information content (AvgIpc) is 2.98. The van der Waals surface area contributed by atoms with Gasteiger partial charge in [0.1, 0.15) is 5.82 Å². The molecule has 0 aliphatic rings. The van der Waals surface area contributed by atoms with Gasteiger partial charge in [0.25, 0.3) is 0 Å². The van der Waals surface area contributed by atoms with E-state index in [2.05, 4.69) is 15.5 Å². The molecule has 0 fully saturated rings. The number of hydrogen-bond acceptors (Lipinski definition) is 6. The van der Waals surface area contributed by atoms with Crippen LogP contribution in [0.3, 0.4) is 0 Å². The first kappa shape index (κ1) is 17.7. The van der Waals surface area contributed by atoms with Crippen molar-refractivity contribution in [3.05, 3.63) is 35.6 Å². The molecule has 0 saturated carbocycles. The minimum absolute atomic E-state index is 0.00182. The number of amides is 1. The van der Waals surface area contributed by atoms with Crippen LogP contribution in [0.5, 0.6) is 0 Å². The highest BCUT2D eigenvalue weighted by Gasteiger charge is 2.14. The van der Waals surface area contributed by atoms with Crippen molar-refractivity contribution >= 4 is 34.1 Å². The third-order valence-electron chi connectivity index (χ3n) is 3.05. The molecule has 0 spiro atoms. The number of carbonyl (C=O) groups excluding carboxylic acids is 1. The summed E-state index contributed by atoms with van der Waals surface area (Å²) in [7, 11) is 0. The second kappa shape index (κ2) is 8.83. The molecule has 23 heavy (non-hydrogen) atoms. The average molecular weight is 354 g/mol. The molecular formula is C15H19FN4OS2. The van der Waals surface area contributed by atoms with Crippen molar-refractivity contribution in [1.29, 1.82) is 0 Å². The van der Waals surface area contributed by atoms with Gasteiger partial charge in [0.15, 0.2) is 4.34 Å². The summed E-state index contributed by atoms with van der Waals surface area (Å²) >= 11 is 2.81. The molecule has 0 unspecified atom stereocenters. The van der Waals surface area contributed by atoms with Gasteiger partial charge in [0.2, 0.25) is 11.0 Å². The van der Waals surface area contributed by atoms with Crippen molar-refractivity contribution in [1.82, 2.24) is 15.1 Å². The van der Waals surface area contributed by atoms with Gasteiger partial charge in [-0.05, 0) is 31.5 Å². The highest BCUT2D eigenvalue weighted by atomic mass is 32.2. The Hall–Kier alpha value is -1.67. The standard InChI is InChI=1S/C15H19FN4OS2/c1-3-17-14-18-19-15(23-14)22-10-13(21)20(4-2)9-11-6-5-7-12(16)8-11/h5-8H,3-4,9-10H2,1-2H3,(H,17,18). The lowest BCUT2D eigenvalue weighted by atomic mass is 10.2. The van der Waals surface area contributed by atoms with E-state index in [9.17, 15) is 9.18 Å². The maximum atomic E-state index is 13.2. The second-order valence-electron chi connectivity index (χ2n) is 4.73. The summed E-state index contributed by atoms with van der Waals surface area (Å²) in [6.07, 6.45) is 0. The number of nitrogens with one attached hydrogen (secondary N) is 1. The Balaban J connectivity index is 1.89. The van der Waals surface area contributed by atoms with Crippen LogP contribution in [0.1, 0.15) is 19.4 Å². The first-order valence-corrected chi connectivity index (χ1v) is 9.15. The largest absolute Gasteiger partial charge is 0.360 e. The number of rotatable bonds is 8. The molecule has 5 nitrogen and oxygen atoms in total. The SMILES string of the molecule is CCNc1nnc(SCC(=O)N(CC)Cc2cccc(F)c2)s1. The molecule has 0 bridgehead atoms. The number of thioether (sulfide) groups is 1. The predicted molar refractivity (Wildman–Crippen MR) is 92.3 cm³/mol. The van der Waals surface area contributed by atoms with Gasteiger partial charge < -0.3 is 10.2 Å².